The number of fused-ring (bicyclic) bond motifs is 2. The summed E-state index contributed by atoms with van der Waals surface area (Å²) in [6, 6.07) is 14.3. The normalized spacial score (nSPS) is 17.5. The highest BCUT2D eigenvalue weighted by Crippen LogP contribution is 2.25. The Balaban J connectivity index is 1.23. The zero-order valence-corrected chi connectivity index (χ0v) is 18.9. The van der Waals surface area contributed by atoms with Crippen LogP contribution < -0.4 is 4.74 Å². The lowest BCUT2D eigenvalue weighted by molar-refractivity contribution is -0.132. The minimum atomic E-state index is 0.0460. The van der Waals surface area contributed by atoms with Gasteiger partial charge in [-0.15, -0.1) is 0 Å². The molecule has 3 heterocycles. The molecule has 1 fully saturated rings. The highest BCUT2D eigenvalue weighted by Gasteiger charge is 2.22. The molecule has 0 radical (unpaired) electrons. The average molecular weight is 450 g/mol. The molecule has 5 rings (SSSR count). The minimum Gasteiger partial charge on any atom is -0.491 e. The number of ether oxygens (including phenoxy) is 1. The maximum Gasteiger partial charge on any atom is 0.244 e. The summed E-state index contributed by atoms with van der Waals surface area (Å²) < 4.78 is 7.68. The average Bonchev–Trinajstić information content (AvgIpc) is 3.10. The van der Waals surface area contributed by atoms with E-state index in [4.69, 9.17) is 9.84 Å². The van der Waals surface area contributed by atoms with Crippen molar-refractivity contribution in [3.05, 3.63) is 59.8 Å². The summed E-state index contributed by atoms with van der Waals surface area (Å²) in [7, 11) is 0. The van der Waals surface area contributed by atoms with Crippen molar-refractivity contribution < 1.29 is 14.6 Å². The van der Waals surface area contributed by atoms with E-state index in [9.17, 15) is 4.79 Å². The summed E-state index contributed by atoms with van der Waals surface area (Å²) in [5, 5.41) is 14.7. The van der Waals surface area contributed by atoms with Gasteiger partial charge in [-0.2, -0.15) is 5.10 Å². The van der Waals surface area contributed by atoms with Crippen molar-refractivity contribution >= 4 is 16.8 Å². The largest absolute Gasteiger partial charge is 0.491 e. The van der Waals surface area contributed by atoms with Gasteiger partial charge in [0, 0.05) is 63.0 Å². The number of nitrogens with zero attached hydrogens (tertiary/aromatic N) is 5. The van der Waals surface area contributed by atoms with Gasteiger partial charge in [0.05, 0.1) is 18.7 Å². The van der Waals surface area contributed by atoms with Gasteiger partial charge in [0.25, 0.3) is 0 Å². The Labute approximate surface area is 193 Å². The molecule has 0 saturated carbocycles. The molecule has 8 nitrogen and oxygen atoms in total. The number of piperazine rings is 1. The summed E-state index contributed by atoms with van der Waals surface area (Å²) in [5.41, 5.74) is 3.19. The number of hydrogen-bond acceptors (Lipinski definition) is 6. The third-order valence-electron chi connectivity index (χ3n) is 6.50. The summed E-state index contributed by atoms with van der Waals surface area (Å²) in [6.45, 7) is 7.65. The maximum absolute atomic E-state index is 13.1. The van der Waals surface area contributed by atoms with Crippen molar-refractivity contribution in [2.45, 2.75) is 19.6 Å². The van der Waals surface area contributed by atoms with Gasteiger partial charge in [0.1, 0.15) is 18.9 Å². The fraction of sp³-hybridized carbons (Fsp3) is 0.440. The molecule has 1 amide bonds. The number of hydrogen-bond donors (Lipinski definition) is 1. The maximum atomic E-state index is 13.1. The Kier molecular flexibility index (Phi) is 6.57. The number of benzene rings is 2. The molecule has 0 atom stereocenters. The fourth-order valence-corrected chi connectivity index (χ4v) is 4.66. The number of β-amino-alcohol motifs (C(OH)–C–C–N with tert-alkyl or cyclic N) is 1. The van der Waals surface area contributed by atoms with Crippen LogP contribution in [0.5, 0.6) is 5.75 Å². The smallest absolute Gasteiger partial charge is 0.244 e. The molecular formula is C25H31N5O3. The van der Waals surface area contributed by atoms with Crippen LogP contribution in [0.2, 0.25) is 0 Å². The van der Waals surface area contributed by atoms with Gasteiger partial charge in [-0.05, 0) is 23.8 Å². The molecule has 1 saturated heterocycles. The van der Waals surface area contributed by atoms with E-state index in [1.54, 1.807) is 4.68 Å². The quantitative estimate of drug-likeness (QED) is 0.616. The molecule has 1 N–H and O–H groups in total. The van der Waals surface area contributed by atoms with Crippen LogP contribution in [-0.2, 0) is 24.4 Å². The van der Waals surface area contributed by atoms with Crippen molar-refractivity contribution in [1.29, 1.82) is 0 Å². The molecule has 0 spiro atoms. The van der Waals surface area contributed by atoms with E-state index < -0.39 is 0 Å². The lowest BCUT2D eigenvalue weighted by Gasteiger charge is -2.34. The molecule has 33 heavy (non-hydrogen) atoms. The van der Waals surface area contributed by atoms with Crippen LogP contribution in [0.3, 0.4) is 0 Å². The van der Waals surface area contributed by atoms with E-state index in [1.807, 2.05) is 41.4 Å². The minimum absolute atomic E-state index is 0.0460. The molecule has 174 valence electrons. The molecule has 8 heteroatoms. The van der Waals surface area contributed by atoms with Gasteiger partial charge in [0.2, 0.25) is 5.91 Å². The molecular weight excluding hydrogens is 418 g/mol. The first-order valence-corrected chi connectivity index (χ1v) is 11.7. The Morgan fingerprint density at radius 1 is 1.03 bits per heavy atom. The van der Waals surface area contributed by atoms with Crippen molar-refractivity contribution in [3.8, 4) is 5.75 Å². The SMILES string of the molecule is O=C(Cn1cc2ccccc2n1)N1CCOc2ccc(CN3CCN(CCO)CC3)cc2C1. The van der Waals surface area contributed by atoms with Gasteiger partial charge < -0.3 is 14.7 Å². The Hall–Kier alpha value is -2.94. The lowest BCUT2D eigenvalue weighted by atomic mass is 10.1. The third kappa shape index (κ3) is 5.19. The number of aromatic nitrogens is 2. The van der Waals surface area contributed by atoms with E-state index in [-0.39, 0.29) is 19.1 Å². The molecule has 2 aliphatic heterocycles. The second kappa shape index (κ2) is 9.91. The van der Waals surface area contributed by atoms with Crippen molar-refractivity contribution in [2.75, 3.05) is 52.5 Å². The predicted molar refractivity (Wildman–Crippen MR) is 126 cm³/mol. The summed E-state index contributed by atoms with van der Waals surface area (Å²) >= 11 is 0. The van der Waals surface area contributed by atoms with Crippen LogP contribution in [-0.4, -0.2) is 88.0 Å². The first-order valence-electron chi connectivity index (χ1n) is 11.7. The van der Waals surface area contributed by atoms with Crippen molar-refractivity contribution in [1.82, 2.24) is 24.5 Å². The van der Waals surface area contributed by atoms with Gasteiger partial charge in [-0.1, -0.05) is 24.3 Å². The van der Waals surface area contributed by atoms with E-state index in [0.717, 1.165) is 61.5 Å². The number of carbonyl (C=O) groups is 1. The second-order valence-corrected chi connectivity index (χ2v) is 8.83. The van der Waals surface area contributed by atoms with E-state index >= 15 is 0 Å². The summed E-state index contributed by atoms with van der Waals surface area (Å²) in [6.07, 6.45) is 1.92. The first kappa shape index (κ1) is 21.9. The molecule has 2 aliphatic rings. The Bertz CT molecular complexity index is 1070. The van der Waals surface area contributed by atoms with Gasteiger partial charge in [0.15, 0.2) is 0 Å². The summed E-state index contributed by atoms with van der Waals surface area (Å²) in [5.74, 6) is 0.913. The number of carbonyl (C=O) groups excluding carboxylic acids is 1. The highest BCUT2D eigenvalue weighted by atomic mass is 16.5. The monoisotopic (exact) mass is 449 g/mol. The van der Waals surface area contributed by atoms with E-state index in [0.29, 0.717) is 19.7 Å². The van der Waals surface area contributed by atoms with Crippen LogP contribution in [0.1, 0.15) is 11.1 Å². The molecule has 0 bridgehead atoms. The standard InChI is InChI=1S/C25H31N5O3/c31-13-11-27-7-9-28(10-8-27)16-20-5-6-24-22(15-20)17-29(12-14-33-24)25(32)19-30-18-21-3-1-2-4-23(21)26-30/h1-6,15,18,31H,7-14,16-17,19H2. The Morgan fingerprint density at radius 3 is 2.67 bits per heavy atom. The number of rotatable bonds is 6. The lowest BCUT2D eigenvalue weighted by Crippen LogP contribution is -2.46. The number of aliphatic hydroxyl groups excluding tert-OH is 1. The van der Waals surface area contributed by atoms with Crippen LogP contribution in [0.4, 0.5) is 0 Å². The summed E-state index contributed by atoms with van der Waals surface area (Å²) in [4.78, 5) is 19.7. The predicted octanol–water partition coefficient (Wildman–Crippen LogP) is 1.57. The number of aliphatic hydroxyl groups is 1. The highest BCUT2D eigenvalue weighted by molar-refractivity contribution is 5.80. The first-order chi connectivity index (χ1) is 16.2. The van der Waals surface area contributed by atoms with Crippen LogP contribution in [0.15, 0.2) is 48.7 Å². The number of amides is 1. The fourth-order valence-electron chi connectivity index (χ4n) is 4.66. The van der Waals surface area contributed by atoms with Crippen LogP contribution in [0.25, 0.3) is 10.9 Å². The molecule has 0 unspecified atom stereocenters. The third-order valence-corrected chi connectivity index (χ3v) is 6.50. The van der Waals surface area contributed by atoms with Crippen molar-refractivity contribution in [3.63, 3.8) is 0 Å². The zero-order valence-electron chi connectivity index (χ0n) is 18.9. The topological polar surface area (TPSA) is 74.1 Å². The van der Waals surface area contributed by atoms with Gasteiger partial charge in [-0.3, -0.25) is 19.3 Å². The van der Waals surface area contributed by atoms with Crippen molar-refractivity contribution in [2.24, 2.45) is 0 Å². The second-order valence-electron chi connectivity index (χ2n) is 8.83. The Morgan fingerprint density at radius 2 is 1.85 bits per heavy atom. The van der Waals surface area contributed by atoms with Gasteiger partial charge >= 0.3 is 0 Å². The zero-order chi connectivity index (χ0) is 22.6. The van der Waals surface area contributed by atoms with E-state index in [1.165, 1.54) is 5.56 Å². The van der Waals surface area contributed by atoms with Crippen LogP contribution in [0, 0.1) is 0 Å². The van der Waals surface area contributed by atoms with E-state index in [2.05, 4.69) is 27.0 Å². The molecule has 1 aromatic heterocycles. The van der Waals surface area contributed by atoms with Crippen LogP contribution >= 0.6 is 0 Å². The van der Waals surface area contributed by atoms with Gasteiger partial charge in [-0.25, -0.2) is 0 Å². The molecule has 2 aromatic carbocycles. The molecule has 0 aliphatic carbocycles. The molecule has 3 aromatic rings.